The van der Waals surface area contributed by atoms with Gasteiger partial charge in [0.2, 0.25) is 0 Å². The van der Waals surface area contributed by atoms with Gasteiger partial charge in [-0.15, -0.1) is 0 Å². The standard InChI is InChI=1S/C14H26O2/c1-5-8-9-10-11-14(4,7-3)12(6-2)13(15)16/h6H,5,7-11H2,1-4H3,(H,15,16)/b12-6-. The fourth-order valence-corrected chi connectivity index (χ4v) is 2.17. The van der Waals surface area contributed by atoms with E-state index in [0.717, 1.165) is 19.3 Å². The van der Waals surface area contributed by atoms with E-state index in [-0.39, 0.29) is 5.41 Å². The third-order valence-corrected chi connectivity index (χ3v) is 3.53. The van der Waals surface area contributed by atoms with Crippen molar-refractivity contribution in [2.24, 2.45) is 5.41 Å². The molecule has 94 valence electrons. The van der Waals surface area contributed by atoms with Gasteiger partial charge in [0.25, 0.3) is 0 Å². The number of carbonyl (C=O) groups is 1. The summed E-state index contributed by atoms with van der Waals surface area (Å²) in [5.74, 6) is -0.762. The molecule has 0 aliphatic rings. The Morgan fingerprint density at radius 3 is 2.25 bits per heavy atom. The van der Waals surface area contributed by atoms with Crippen LogP contribution in [0.1, 0.15) is 66.2 Å². The van der Waals surface area contributed by atoms with E-state index in [4.69, 9.17) is 0 Å². The summed E-state index contributed by atoms with van der Waals surface area (Å²) in [6.07, 6.45) is 8.44. The van der Waals surface area contributed by atoms with Crippen LogP contribution in [0.25, 0.3) is 0 Å². The minimum atomic E-state index is -0.762. The summed E-state index contributed by atoms with van der Waals surface area (Å²) in [4.78, 5) is 11.2. The molecule has 0 aliphatic heterocycles. The molecule has 0 spiro atoms. The number of carboxylic acids is 1. The Balaban J connectivity index is 4.46. The summed E-state index contributed by atoms with van der Waals surface area (Å²) >= 11 is 0. The van der Waals surface area contributed by atoms with Crippen molar-refractivity contribution in [3.8, 4) is 0 Å². The molecular formula is C14H26O2. The molecule has 0 fully saturated rings. The van der Waals surface area contributed by atoms with Gasteiger partial charge in [0.15, 0.2) is 0 Å². The average molecular weight is 226 g/mol. The van der Waals surface area contributed by atoms with Crippen LogP contribution in [0.15, 0.2) is 11.6 Å². The van der Waals surface area contributed by atoms with E-state index < -0.39 is 5.97 Å². The quantitative estimate of drug-likeness (QED) is 0.492. The van der Waals surface area contributed by atoms with Crippen LogP contribution in [0.3, 0.4) is 0 Å². The molecule has 0 aromatic heterocycles. The van der Waals surface area contributed by atoms with Gasteiger partial charge in [-0.2, -0.15) is 0 Å². The summed E-state index contributed by atoms with van der Waals surface area (Å²) < 4.78 is 0. The highest BCUT2D eigenvalue weighted by Crippen LogP contribution is 2.36. The number of allylic oxidation sites excluding steroid dienone is 1. The molecule has 1 unspecified atom stereocenters. The van der Waals surface area contributed by atoms with Gasteiger partial charge in [0, 0.05) is 5.57 Å². The summed E-state index contributed by atoms with van der Waals surface area (Å²) in [5.41, 5.74) is 0.417. The van der Waals surface area contributed by atoms with E-state index in [2.05, 4.69) is 20.8 Å². The Bertz CT molecular complexity index is 243. The normalized spacial score (nSPS) is 15.9. The van der Waals surface area contributed by atoms with Gasteiger partial charge in [-0.05, 0) is 25.2 Å². The van der Waals surface area contributed by atoms with Crippen LogP contribution in [0.5, 0.6) is 0 Å². The number of unbranched alkanes of at least 4 members (excludes halogenated alkanes) is 3. The molecular weight excluding hydrogens is 200 g/mol. The predicted molar refractivity (Wildman–Crippen MR) is 68.5 cm³/mol. The molecule has 0 saturated heterocycles. The largest absolute Gasteiger partial charge is 0.478 e. The van der Waals surface area contributed by atoms with Crippen molar-refractivity contribution in [1.29, 1.82) is 0 Å². The molecule has 1 atom stereocenters. The van der Waals surface area contributed by atoms with Crippen molar-refractivity contribution >= 4 is 5.97 Å². The van der Waals surface area contributed by atoms with Gasteiger partial charge in [-0.25, -0.2) is 4.79 Å². The van der Waals surface area contributed by atoms with E-state index in [1.165, 1.54) is 19.3 Å². The zero-order valence-electron chi connectivity index (χ0n) is 11.2. The Morgan fingerprint density at radius 2 is 1.88 bits per heavy atom. The minimum absolute atomic E-state index is 0.158. The lowest BCUT2D eigenvalue weighted by Crippen LogP contribution is -2.24. The lowest BCUT2D eigenvalue weighted by atomic mass is 9.75. The Hall–Kier alpha value is -0.790. The topological polar surface area (TPSA) is 37.3 Å². The number of aliphatic carboxylic acids is 1. The van der Waals surface area contributed by atoms with E-state index in [9.17, 15) is 9.90 Å². The fraction of sp³-hybridized carbons (Fsp3) is 0.786. The number of carboxylic acid groups (broad SMARTS) is 1. The first-order valence-corrected chi connectivity index (χ1v) is 6.42. The van der Waals surface area contributed by atoms with E-state index in [1.54, 1.807) is 6.08 Å². The Labute approximate surface area is 99.7 Å². The molecule has 1 N–H and O–H groups in total. The summed E-state index contributed by atoms with van der Waals surface area (Å²) in [5, 5.41) is 9.17. The van der Waals surface area contributed by atoms with Crippen LogP contribution in [-0.4, -0.2) is 11.1 Å². The second-order valence-electron chi connectivity index (χ2n) is 4.73. The maximum atomic E-state index is 11.2. The predicted octanol–water partition coefficient (Wildman–Crippen LogP) is 4.40. The van der Waals surface area contributed by atoms with Crippen molar-refractivity contribution in [2.45, 2.75) is 66.2 Å². The maximum Gasteiger partial charge on any atom is 0.331 e. The van der Waals surface area contributed by atoms with Gasteiger partial charge in [-0.3, -0.25) is 0 Å². The van der Waals surface area contributed by atoms with Crippen LogP contribution in [-0.2, 0) is 4.79 Å². The maximum absolute atomic E-state index is 11.2. The second kappa shape index (κ2) is 7.48. The van der Waals surface area contributed by atoms with E-state index in [1.807, 2.05) is 6.92 Å². The van der Waals surface area contributed by atoms with Crippen molar-refractivity contribution in [2.75, 3.05) is 0 Å². The molecule has 0 radical (unpaired) electrons. The smallest absolute Gasteiger partial charge is 0.331 e. The zero-order valence-corrected chi connectivity index (χ0v) is 11.2. The fourth-order valence-electron chi connectivity index (χ4n) is 2.17. The van der Waals surface area contributed by atoms with Crippen molar-refractivity contribution in [3.05, 3.63) is 11.6 Å². The first-order chi connectivity index (χ1) is 7.51. The molecule has 0 bridgehead atoms. The Kier molecular flexibility index (Phi) is 7.11. The SMILES string of the molecule is C/C=C(/C(=O)O)C(C)(CC)CCCCCC. The molecule has 2 nitrogen and oxygen atoms in total. The van der Waals surface area contributed by atoms with Crippen LogP contribution < -0.4 is 0 Å². The van der Waals surface area contributed by atoms with Crippen molar-refractivity contribution < 1.29 is 9.90 Å². The molecule has 0 rings (SSSR count). The highest BCUT2D eigenvalue weighted by Gasteiger charge is 2.30. The molecule has 2 heteroatoms. The van der Waals surface area contributed by atoms with Crippen LogP contribution in [0, 0.1) is 5.41 Å². The molecule has 0 amide bonds. The average Bonchev–Trinajstić information content (AvgIpc) is 2.25. The van der Waals surface area contributed by atoms with Crippen LogP contribution >= 0.6 is 0 Å². The summed E-state index contributed by atoms with van der Waals surface area (Å²) in [7, 11) is 0. The van der Waals surface area contributed by atoms with Crippen molar-refractivity contribution in [3.63, 3.8) is 0 Å². The highest BCUT2D eigenvalue weighted by molar-refractivity contribution is 5.88. The second-order valence-corrected chi connectivity index (χ2v) is 4.73. The number of hydrogen-bond acceptors (Lipinski definition) is 1. The molecule has 0 saturated carbocycles. The highest BCUT2D eigenvalue weighted by atomic mass is 16.4. The van der Waals surface area contributed by atoms with Gasteiger partial charge < -0.3 is 5.11 Å². The zero-order chi connectivity index (χ0) is 12.6. The Morgan fingerprint density at radius 1 is 1.25 bits per heavy atom. The third kappa shape index (κ3) is 4.38. The molecule has 0 aromatic carbocycles. The van der Waals surface area contributed by atoms with Gasteiger partial charge in [-0.1, -0.05) is 52.5 Å². The van der Waals surface area contributed by atoms with Crippen LogP contribution in [0.4, 0.5) is 0 Å². The molecule has 0 heterocycles. The first-order valence-electron chi connectivity index (χ1n) is 6.42. The lowest BCUT2D eigenvalue weighted by molar-refractivity contribution is -0.134. The summed E-state index contributed by atoms with van der Waals surface area (Å²) in [6.45, 7) is 8.16. The van der Waals surface area contributed by atoms with Gasteiger partial charge >= 0.3 is 5.97 Å². The van der Waals surface area contributed by atoms with Gasteiger partial charge in [0.05, 0.1) is 0 Å². The minimum Gasteiger partial charge on any atom is -0.478 e. The third-order valence-electron chi connectivity index (χ3n) is 3.53. The first kappa shape index (κ1) is 15.2. The van der Waals surface area contributed by atoms with Crippen molar-refractivity contribution in [1.82, 2.24) is 0 Å². The monoisotopic (exact) mass is 226 g/mol. The van der Waals surface area contributed by atoms with E-state index in [0.29, 0.717) is 5.57 Å². The molecule has 0 aromatic rings. The number of rotatable bonds is 8. The van der Waals surface area contributed by atoms with Crippen LogP contribution in [0.2, 0.25) is 0 Å². The van der Waals surface area contributed by atoms with E-state index >= 15 is 0 Å². The molecule has 16 heavy (non-hydrogen) atoms. The molecule has 0 aliphatic carbocycles. The summed E-state index contributed by atoms with van der Waals surface area (Å²) in [6, 6.07) is 0. The number of hydrogen-bond donors (Lipinski definition) is 1. The lowest BCUT2D eigenvalue weighted by Gasteiger charge is -2.29. The van der Waals surface area contributed by atoms with Gasteiger partial charge in [0.1, 0.15) is 0 Å².